The van der Waals surface area contributed by atoms with Gasteiger partial charge in [0.15, 0.2) is 0 Å². The van der Waals surface area contributed by atoms with Crippen LogP contribution in [-0.2, 0) is 4.79 Å². The number of piperidine rings is 1. The first-order valence-electron chi connectivity index (χ1n) is 6.50. The molecule has 1 saturated heterocycles. The molecule has 0 spiro atoms. The molecule has 2 N–H and O–H groups in total. The van der Waals surface area contributed by atoms with Crippen molar-refractivity contribution >= 4 is 12.0 Å². The largest absolute Gasteiger partial charge is 0.481 e. The second-order valence-corrected chi connectivity index (χ2v) is 6.04. The highest BCUT2D eigenvalue weighted by Crippen LogP contribution is 2.22. The van der Waals surface area contributed by atoms with Gasteiger partial charge >= 0.3 is 12.0 Å². The molecule has 104 valence electrons. The quantitative estimate of drug-likeness (QED) is 0.808. The fraction of sp³-hybridized carbons (Fsp3) is 0.846. The molecular formula is C13H24N2O3. The van der Waals surface area contributed by atoms with E-state index in [-0.39, 0.29) is 12.6 Å². The Morgan fingerprint density at radius 3 is 2.44 bits per heavy atom. The Labute approximate surface area is 109 Å². The zero-order valence-corrected chi connectivity index (χ0v) is 11.7. The lowest BCUT2D eigenvalue weighted by molar-refractivity contribution is -0.146. The van der Waals surface area contributed by atoms with Crippen molar-refractivity contribution in [3.63, 3.8) is 0 Å². The molecule has 18 heavy (non-hydrogen) atoms. The molecule has 5 nitrogen and oxygen atoms in total. The first-order valence-corrected chi connectivity index (χ1v) is 6.50. The Balaban J connectivity index is 2.45. The zero-order chi connectivity index (χ0) is 13.9. The number of hydrogen-bond donors (Lipinski definition) is 2. The van der Waals surface area contributed by atoms with E-state index in [4.69, 9.17) is 5.11 Å². The molecule has 0 aliphatic carbocycles. The molecule has 0 saturated carbocycles. The van der Waals surface area contributed by atoms with Crippen molar-refractivity contribution in [1.82, 2.24) is 10.2 Å². The predicted octanol–water partition coefficient (Wildman–Crippen LogP) is 1.78. The highest BCUT2D eigenvalue weighted by Gasteiger charge is 2.30. The molecule has 1 aliphatic heterocycles. The van der Waals surface area contributed by atoms with Gasteiger partial charge in [-0.05, 0) is 32.1 Å². The number of carboxylic acids is 1. The summed E-state index contributed by atoms with van der Waals surface area (Å²) in [6.07, 6.45) is 1.01. The van der Waals surface area contributed by atoms with Gasteiger partial charge in [-0.1, -0.05) is 13.8 Å². The number of rotatable bonds is 3. The van der Waals surface area contributed by atoms with E-state index in [0.29, 0.717) is 11.8 Å². The molecule has 2 atom stereocenters. The Morgan fingerprint density at radius 1 is 1.33 bits per heavy atom. The molecule has 0 radical (unpaired) electrons. The Kier molecular flexibility index (Phi) is 4.59. The fourth-order valence-corrected chi connectivity index (χ4v) is 1.93. The third kappa shape index (κ3) is 3.62. The average Bonchev–Trinajstić information content (AvgIpc) is 2.29. The maximum atomic E-state index is 11.9. The van der Waals surface area contributed by atoms with Gasteiger partial charge in [0.1, 0.15) is 0 Å². The van der Waals surface area contributed by atoms with E-state index >= 15 is 0 Å². The average molecular weight is 256 g/mol. The van der Waals surface area contributed by atoms with Crippen LogP contribution in [0, 0.1) is 17.3 Å². The van der Waals surface area contributed by atoms with Gasteiger partial charge in [0, 0.05) is 19.6 Å². The van der Waals surface area contributed by atoms with Gasteiger partial charge in [0.05, 0.1) is 5.41 Å². The smallest absolute Gasteiger partial charge is 0.317 e. The number of carbonyl (C=O) groups excluding carboxylic acids is 1. The molecule has 0 bridgehead atoms. The number of aliphatic carboxylic acids is 1. The van der Waals surface area contributed by atoms with Crippen LogP contribution in [0.2, 0.25) is 0 Å². The van der Waals surface area contributed by atoms with Gasteiger partial charge in [0.25, 0.3) is 0 Å². The predicted molar refractivity (Wildman–Crippen MR) is 69.3 cm³/mol. The molecule has 1 heterocycles. The van der Waals surface area contributed by atoms with E-state index in [1.54, 1.807) is 18.7 Å². The number of hydrogen-bond acceptors (Lipinski definition) is 2. The van der Waals surface area contributed by atoms with Crippen LogP contribution in [0.1, 0.15) is 34.1 Å². The van der Waals surface area contributed by atoms with Crippen LogP contribution in [0.5, 0.6) is 0 Å². The number of nitrogens with zero attached hydrogens (tertiary/aromatic N) is 1. The number of likely N-dealkylation sites (tertiary alicyclic amines) is 1. The third-order valence-electron chi connectivity index (χ3n) is 3.88. The molecule has 0 aromatic rings. The minimum atomic E-state index is -0.926. The van der Waals surface area contributed by atoms with Crippen molar-refractivity contribution in [3.8, 4) is 0 Å². The summed E-state index contributed by atoms with van der Waals surface area (Å²) in [5.74, 6) is 0.241. The van der Waals surface area contributed by atoms with Crippen molar-refractivity contribution < 1.29 is 14.7 Å². The molecule has 0 aromatic carbocycles. The number of nitrogens with one attached hydrogen (secondary N) is 1. The van der Waals surface area contributed by atoms with Gasteiger partial charge in [-0.3, -0.25) is 4.79 Å². The normalized spacial score (nSPS) is 24.8. The van der Waals surface area contributed by atoms with Gasteiger partial charge in [-0.15, -0.1) is 0 Å². The molecule has 2 amide bonds. The SMILES string of the molecule is CC1CCN(C(=O)NCC(C)(C)C(=O)O)CC1C. The number of urea groups is 1. The summed E-state index contributed by atoms with van der Waals surface area (Å²) in [7, 11) is 0. The Hall–Kier alpha value is -1.26. The van der Waals surface area contributed by atoms with E-state index in [0.717, 1.165) is 19.5 Å². The minimum absolute atomic E-state index is 0.150. The van der Waals surface area contributed by atoms with Gasteiger partial charge in [0.2, 0.25) is 0 Å². The van der Waals surface area contributed by atoms with Crippen molar-refractivity contribution in [2.75, 3.05) is 19.6 Å². The summed E-state index contributed by atoms with van der Waals surface area (Å²) >= 11 is 0. The zero-order valence-electron chi connectivity index (χ0n) is 11.7. The van der Waals surface area contributed by atoms with E-state index in [1.165, 1.54) is 0 Å². The number of carboxylic acid groups (broad SMARTS) is 1. The molecule has 5 heteroatoms. The topological polar surface area (TPSA) is 69.6 Å². The summed E-state index contributed by atoms with van der Waals surface area (Å²) in [5, 5.41) is 11.7. The van der Waals surface area contributed by atoms with Crippen molar-refractivity contribution in [2.45, 2.75) is 34.1 Å². The van der Waals surface area contributed by atoms with Crippen molar-refractivity contribution in [1.29, 1.82) is 0 Å². The van der Waals surface area contributed by atoms with Crippen LogP contribution < -0.4 is 5.32 Å². The first kappa shape index (κ1) is 14.8. The number of carbonyl (C=O) groups is 2. The second kappa shape index (κ2) is 5.59. The monoisotopic (exact) mass is 256 g/mol. The van der Waals surface area contributed by atoms with Crippen molar-refractivity contribution in [3.05, 3.63) is 0 Å². The van der Waals surface area contributed by atoms with Gasteiger partial charge < -0.3 is 15.3 Å². The lowest BCUT2D eigenvalue weighted by Gasteiger charge is -2.35. The molecule has 1 aliphatic rings. The van der Waals surface area contributed by atoms with Crippen molar-refractivity contribution in [2.24, 2.45) is 17.3 Å². The maximum absolute atomic E-state index is 11.9. The first-order chi connectivity index (χ1) is 8.24. The molecule has 1 fully saturated rings. The van der Waals surface area contributed by atoms with Crippen LogP contribution in [0.15, 0.2) is 0 Å². The fourth-order valence-electron chi connectivity index (χ4n) is 1.93. The van der Waals surface area contributed by atoms with E-state index in [1.807, 2.05) is 0 Å². The summed E-state index contributed by atoms with van der Waals surface area (Å²) in [6.45, 7) is 9.22. The second-order valence-electron chi connectivity index (χ2n) is 6.04. The Morgan fingerprint density at radius 2 is 1.94 bits per heavy atom. The number of amides is 2. The summed E-state index contributed by atoms with van der Waals surface area (Å²) in [6, 6.07) is -0.150. The van der Waals surface area contributed by atoms with Crippen LogP contribution in [-0.4, -0.2) is 41.6 Å². The molecule has 0 aromatic heterocycles. The van der Waals surface area contributed by atoms with Crippen LogP contribution in [0.4, 0.5) is 4.79 Å². The third-order valence-corrected chi connectivity index (χ3v) is 3.88. The molecule has 2 unspecified atom stereocenters. The van der Waals surface area contributed by atoms with Gasteiger partial charge in [-0.25, -0.2) is 4.79 Å². The van der Waals surface area contributed by atoms with Gasteiger partial charge in [-0.2, -0.15) is 0 Å². The Bertz CT molecular complexity index is 328. The summed E-state index contributed by atoms with van der Waals surface area (Å²) in [4.78, 5) is 24.7. The standard InChI is InChI=1S/C13H24N2O3/c1-9-5-6-15(7-10(9)2)12(18)14-8-13(3,4)11(16)17/h9-10H,5-8H2,1-4H3,(H,14,18)(H,16,17). The lowest BCUT2D eigenvalue weighted by Crippen LogP contribution is -2.49. The van der Waals surface area contributed by atoms with Crippen LogP contribution in [0.3, 0.4) is 0 Å². The maximum Gasteiger partial charge on any atom is 0.317 e. The van der Waals surface area contributed by atoms with E-state index in [2.05, 4.69) is 19.2 Å². The highest BCUT2D eigenvalue weighted by molar-refractivity contribution is 5.77. The lowest BCUT2D eigenvalue weighted by atomic mass is 9.89. The van der Waals surface area contributed by atoms with E-state index < -0.39 is 11.4 Å². The van der Waals surface area contributed by atoms with Crippen LogP contribution >= 0.6 is 0 Å². The highest BCUT2D eigenvalue weighted by atomic mass is 16.4. The van der Waals surface area contributed by atoms with E-state index in [9.17, 15) is 9.59 Å². The van der Waals surface area contributed by atoms with Crippen LogP contribution in [0.25, 0.3) is 0 Å². The molecular weight excluding hydrogens is 232 g/mol. The summed E-state index contributed by atoms with van der Waals surface area (Å²) < 4.78 is 0. The molecule has 1 rings (SSSR count). The summed E-state index contributed by atoms with van der Waals surface area (Å²) in [5.41, 5.74) is -0.926. The minimum Gasteiger partial charge on any atom is -0.481 e.